The highest BCUT2D eigenvalue weighted by molar-refractivity contribution is 5.93. The SMILES string of the molecule is CCCCCCCCCCCOc1cc2ncnc(Nc3n[nH]c(C)c3C)c2cc1OC(C)(C)C. The maximum Gasteiger partial charge on any atom is 0.163 e. The highest BCUT2D eigenvalue weighted by atomic mass is 16.5. The fraction of sp³-hybridized carbons (Fsp3) is 0.607. The van der Waals surface area contributed by atoms with Gasteiger partial charge in [-0.15, -0.1) is 0 Å². The molecule has 0 radical (unpaired) electrons. The lowest BCUT2D eigenvalue weighted by atomic mass is 10.1. The molecule has 2 heterocycles. The van der Waals surface area contributed by atoms with E-state index in [9.17, 15) is 0 Å². The number of unbranched alkanes of at least 4 members (excludes halogenated alkanes) is 8. The van der Waals surface area contributed by atoms with Crippen molar-refractivity contribution in [2.24, 2.45) is 0 Å². The second kappa shape index (κ2) is 12.8. The fourth-order valence-electron chi connectivity index (χ4n) is 4.00. The maximum absolute atomic E-state index is 6.29. The number of anilines is 2. The van der Waals surface area contributed by atoms with Crippen LogP contribution in [-0.4, -0.2) is 32.4 Å². The van der Waals surface area contributed by atoms with Crippen molar-refractivity contribution in [3.8, 4) is 11.5 Å². The first-order chi connectivity index (χ1) is 16.8. The number of rotatable bonds is 14. The summed E-state index contributed by atoms with van der Waals surface area (Å²) in [6.45, 7) is 13.1. The number of H-pyrrole nitrogens is 1. The minimum Gasteiger partial charge on any atom is -0.490 e. The maximum atomic E-state index is 6.29. The molecule has 7 nitrogen and oxygen atoms in total. The second-order valence-corrected chi connectivity index (χ2v) is 10.4. The molecule has 2 N–H and O–H groups in total. The Morgan fingerprint density at radius 2 is 1.54 bits per heavy atom. The molecule has 0 bridgehead atoms. The number of nitrogens with zero attached hydrogens (tertiary/aromatic N) is 3. The Hall–Kier alpha value is -2.83. The number of nitrogens with one attached hydrogen (secondary N) is 2. The van der Waals surface area contributed by atoms with E-state index in [-0.39, 0.29) is 5.60 Å². The molecule has 192 valence electrons. The third-order valence-corrected chi connectivity index (χ3v) is 6.11. The summed E-state index contributed by atoms with van der Waals surface area (Å²) >= 11 is 0. The number of aryl methyl sites for hydroxylation is 1. The molecule has 35 heavy (non-hydrogen) atoms. The number of fused-ring (bicyclic) bond motifs is 1. The number of hydrogen-bond acceptors (Lipinski definition) is 6. The molecule has 1 aromatic carbocycles. The Morgan fingerprint density at radius 1 is 0.857 bits per heavy atom. The summed E-state index contributed by atoms with van der Waals surface area (Å²) in [6.07, 6.45) is 13.1. The van der Waals surface area contributed by atoms with Crippen LogP contribution in [0, 0.1) is 13.8 Å². The van der Waals surface area contributed by atoms with E-state index in [1.54, 1.807) is 6.33 Å². The topological polar surface area (TPSA) is 85.0 Å². The van der Waals surface area contributed by atoms with E-state index in [1.165, 1.54) is 51.4 Å². The van der Waals surface area contributed by atoms with Gasteiger partial charge >= 0.3 is 0 Å². The predicted octanol–water partition coefficient (Wildman–Crippen LogP) is 7.80. The van der Waals surface area contributed by atoms with Crippen LogP contribution in [0.4, 0.5) is 11.6 Å². The van der Waals surface area contributed by atoms with Gasteiger partial charge in [-0.2, -0.15) is 5.10 Å². The standard InChI is InChI=1S/C28H43N5O2/c1-7-8-9-10-11-12-13-14-15-16-34-24-18-23-22(17-25(24)35-28(4,5)6)27(30-19-29-23)31-26-20(2)21(3)32-33-26/h17-19H,7-16H2,1-6H3,(H2,29,30,31,32,33). The average Bonchev–Trinajstić information content (AvgIpc) is 3.12. The van der Waals surface area contributed by atoms with E-state index >= 15 is 0 Å². The van der Waals surface area contributed by atoms with Gasteiger partial charge in [0.2, 0.25) is 0 Å². The molecule has 0 amide bonds. The van der Waals surface area contributed by atoms with Gasteiger partial charge in [-0.1, -0.05) is 58.3 Å². The van der Waals surface area contributed by atoms with Crippen LogP contribution in [-0.2, 0) is 0 Å². The van der Waals surface area contributed by atoms with Crippen molar-refractivity contribution in [2.45, 2.75) is 105 Å². The van der Waals surface area contributed by atoms with E-state index in [0.29, 0.717) is 18.2 Å². The van der Waals surface area contributed by atoms with Gasteiger partial charge in [-0.3, -0.25) is 5.10 Å². The van der Waals surface area contributed by atoms with Crippen LogP contribution in [0.5, 0.6) is 11.5 Å². The summed E-state index contributed by atoms with van der Waals surface area (Å²) in [4.78, 5) is 8.97. The lowest BCUT2D eigenvalue weighted by Gasteiger charge is -2.24. The zero-order valence-electron chi connectivity index (χ0n) is 22.5. The van der Waals surface area contributed by atoms with Gasteiger partial charge in [0.05, 0.1) is 12.1 Å². The molecule has 7 heteroatoms. The summed E-state index contributed by atoms with van der Waals surface area (Å²) in [5, 5.41) is 11.6. The van der Waals surface area contributed by atoms with Crippen molar-refractivity contribution in [1.82, 2.24) is 20.2 Å². The molecule has 0 saturated heterocycles. The van der Waals surface area contributed by atoms with Gasteiger partial charge in [0.15, 0.2) is 17.3 Å². The van der Waals surface area contributed by atoms with E-state index in [2.05, 4.69) is 32.4 Å². The third kappa shape index (κ3) is 8.11. The van der Waals surface area contributed by atoms with Crippen molar-refractivity contribution < 1.29 is 9.47 Å². The van der Waals surface area contributed by atoms with Crippen LogP contribution in [0.2, 0.25) is 0 Å². The number of hydrogen-bond donors (Lipinski definition) is 2. The van der Waals surface area contributed by atoms with Gasteiger partial charge in [-0.05, 0) is 47.1 Å². The summed E-state index contributed by atoms with van der Waals surface area (Å²) in [5.74, 6) is 2.87. The molecule has 0 atom stereocenters. The molecule has 0 aliphatic carbocycles. The van der Waals surface area contributed by atoms with Gasteiger partial charge in [-0.25, -0.2) is 9.97 Å². The monoisotopic (exact) mass is 481 g/mol. The lowest BCUT2D eigenvalue weighted by molar-refractivity contribution is 0.123. The molecule has 0 saturated carbocycles. The average molecular weight is 482 g/mol. The van der Waals surface area contributed by atoms with Crippen molar-refractivity contribution in [2.75, 3.05) is 11.9 Å². The van der Waals surface area contributed by atoms with Crippen LogP contribution in [0.3, 0.4) is 0 Å². The largest absolute Gasteiger partial charge is 0.490 e. The van der Waals surface area contributed by atoms with Crippen LogP contribution in [0.1, 0.15) is 96.7 Å². The highest BCUT2D eigenvalue weighted by Crippen LogP contribution is 2.37. The van der Waals surface area contributed by atoms with Crippen molar-refractivity contribution in [3.05, 3.63) is 29.7 Å². The van der Waals surface area contributed by atoms with E-state index in [0.717, 1.165) is 40.1 Å². The van der Waals surface area contributed by atoms with Crippen LogP contribution >= 0.6 is 0 Å². The van der Waals surface area contributed by atoms with Crippen LogP contribution in [0.25, 0.3) is 10.9 Å². The van der Waals surface area contributed by atoms with Gasteiger partial charge < -0.3 is 14.8 Å². The Kier molecular flexibility index (Phi) is 9.75. The number of aromatic nitrogens is 4. The normalized spacial score (nSPS) is 11.7. The fourth-order valence-corrected chi connectivity index (χ4v) is 4.00. The van der Waals surface area contributed by atoms with Gasteiger partial charge in [0.25, 0.3) is 0 Å². The molecule has 3 aromatic rings. The zero-order valence-corrected chi connectivity index (χ0v) is 22.5. The summed E-state index contributed by atoms with van der Waals surface area (Å²) < 4.78 is 12.5. The molecular weight excluding hydrogens is 438 g/mol. The molecule has 0 fully saturated rings. The second-order valence-electron chi connectivity index (χ2n) is 10.4. The third-order valence-electron chi connectivity index (χ3n) is 6.11. The molecule has 3 rings (SSSR count). The number of benzene rings is 1. The number of aromatic amines is 1. The summed E-state index contributed by atoms with van der Waals surface area (Å²) in [5.41, 5.74) is 2.53. The summed E-state index contributed by atoms with van der Waals surface area (Å²) in [6, 6.07) is 3.93. The van der Waals surface area contributed by atoms with Crippen LogP contribution < -0.4 is 14.8 Å². The molecule has 0 aliphatic heterocycles. The number of ether oxygens (including phenoxy) is 2. The van der Waals surface area contributed by atoms with Gasteiger partial charge in [0.1, 0.15) is 17.7 Å². The summed E-state index contributed by atoms with van der Waals surface area (Å²) in [7, 11) is 0. The highest BCUT2D eigenvalue weighted by Gasteiger charge is 2.19. The molecule has 0 aliphatic rings. The van der Waals surface area contributed by atoms with E-state index in [4.69, 9.17) is 9.47 Å². The van der Waals surface area contributed by atoms with Crippen molar-refractivity contribution in [1.29, 1.82) is 0 Å². The van der Waals surface area contributed by atoms with Gasteiger partial charge in [0, 0.05) is 22.7 Å². The zero-order chi connectivity index (χ0) is 25.3. The van der Waals surface area contributed by atoms with Crippen molar-refractivity contribution >= 4 is 22.5 Å². The quantitative estimate of drug-likeness (QED) is 0.228. The minimum atomic E-state index is -0.358. The van der Waals surface area contributed by atoms with E-state index in [1.807, 2.05) is 46.8 Å². The molecule has 0 spiro atoms. The first-order valence-electron chi connectivity index (χ1n) is 13.2. The Bertz CT molecular complexity index is 1070. The predicted molar refractivity (Wildman–Crippen MR) is 144 cm³/mol. The van der Waals surface area contributed by atoms with E-state index < -0.39 is 0 Å². The minimum absolute atomic E-state index is 0.358. The molecule has 0 unspecified atom stereocenters. The Morgan fingerprint density at radius 3 is 2.17 bits per heavy atom. The van der Waals surface area contributed by atoms with Crippen LogP contribution in [0.15, 0.2) is 18.5 Å². The van der Waals surface area contributed by atoms with Crippen molar-refractivity contribution in [3.63, 3.8) is 0 Å². The lowest BCUT2D eigenvalue weighted by Crippen LogP contribution is -2.23. The molecule has 2 aromatic heterocycles. The first-order valence-corrected chi connectivity index (χ1v) is 13.2. The Balaban J connectivity index is 1.68. The Labute approximate surface area is 210 Å². The smallest absolute Gasteiger partial charge is 0.163 e. The molecular formula is C28H43N5O2. The first kappa shape index (κ1) is 26.8.